The number of hydrogen-bond donors (Lipinski definition) is 3. The van der Waals surface area contributed by atoms with Crippen LogP contribution in [0.5, 0.6) is 11.5 Å². The fourth-order valence-electron chi connectivity index (χ4n) is 2.12. The Labute approximate surface area is 197 Å². The van der Waals surface area contributed by atoms with Crippen LogP contribution in [-0.4, -0.2) is 30.1 Å². The molecule has 0 aromatic heterocycles. The Bertz CT molecular complexity index is 946. The van der Waals surface area contributed by atoms with Gasteiger partial charge in [-0.3, -0.25) is 25.8 Å². The summed E-state index contributed by atoms with van der Waals surface area (Å²) < 4.78 is 11.5. The van der Waals surface area contributed by atoms with Gasteiger partial charge in [-0.1, -0.05) is 36.2 Å². The van der Waals surface area contributed by atoms with Crippen LogP contribution in [0, 0.1) is 0 Å². The summed E-state index contributed by atoms with van der Waals surface area (Å²) in [6.07, 6.45) is 0.892. The predicted molar refractivity (Wildman–Crippen MR) is 123 cm³/mol. The molecule has 30 heavy (non-hydrogen) atoms. The molecule has 0 spiro atoms. The molecule has 0 fully saturated rings. The van der Waals surface area contributed by atoms with E-state index in [0.717, 1.165) is 16.5 Å². The first-order valence-electron chi connectivity index (χ1n) is 8.66. The van der Waals surface area contributed by atoms with E-state index >= 15 is 0 Å². The third-order valence-corrected chi connectivity index (χ3v) is 4.94. The van der Waals surface area contributed by atoms with Crippen LogP contribution in [0.25, 0.3) is 0 Å². The van der Waals surface area contributed by atoms with Gasteiger partial charge in [0.2, 0.25) is 0 Å². The van der Waals surface area contributed by atoms with Crippen molar-refractivity contribution in [3.05, 3.63) is 56.5 Å². The summed E-state index contributed by atoms with van der Waals surface area (Å²) in [4.78, 5) is 23.8. The van der Waals surface area contributed by atoms with Crippen LogP contribution in [0.2, 0.25) is 10.0 Å². The minimum atomic E-state index is -0.534. The van der Waals surface area contributed by atoms with E-state index in [2.05, 4.69) is 32.1 Å². The molecule has 3 N–H and O–H groups in total. The normalized spacial score (nSPS) is 10.1. The lowest BCUT2D eigenvalue weighted by atomic mass is 10.2. The average molecular weight is 535 g/mol. The minimum absolute atomic E-state index is 0.0955. The zero-order valence-corrected chi connectivity index (χ0v) is 19.7. The molecule has 2 amide bonds. The number of rotatable bonds is 7. The van der Waals surface area contributed by atoms with Crippen LogP contribution in [-0.2, 0) is 16.0 Å². The topological polar surface area (TPSA) is 88.7 Å². The van der Waals surface area contributed by atoms with Crippen molar-refractivity contribution >= 4 is 68.3 Å². The zero-order valence-electron chi connectivity index (χ0n) is 15.8. The predicted octanol–water partition coefficient (Wildman–Crippen LogP) is 3.80. The maximum Gasteiger partial charge on any atom is 0.276 e. The van der Waals surface area contributed by atoms with Gasteiger partial charge < -0.3 is 9.47 Å². The van der Waals surface area contributed by atoms with Crippen molar-refractivity contribution < 1.29 is 19.1 Å². The Morgan fingerprint density at radius 3 is 2.33 bits per heavy atom. The summed E-state index contributed by atoms with van der Waals surface area (Å²) >= 11 is 20.1. The van der Waals surface area contributed by atoms with Gasteiger partial charge >= 0.3 is 0 Å². The lowest BCUT2D eigenvalue weighted by Crippen LogP contribution is -2.50. The highest BCUT2D eigenvalue weighted by molar-refractivity contribution is 9.10. The van der Waals surface area contributed by atoms with Gasteiger partial charge in [0.15, 0.2) is 18.3 Å². The standard InChI is InChI=1S/C19H18BrCl2N3O4S/c1-2-11-3-5-15(13(20)7-11)28-9-17(26)23-19(30)25-24-18(27)10-29-16-6-4-12(21)8-14(16)22/h3-8H,2,9-10H2,1H3,(H,24,27)(H2,23,25,26,30). The molecular weight excluding hydrogens is 517 g/mol. The lowest BCUT2D eigenvalue weighted by Gasteiger charge is -2.13. The number of carbonyl (C=O) groups is 2. The van der Waals surface area contributed by atoms with E-state index in [1.807, 2.05) is 19.1 Å². The highest BCUT2D eigenvalue weighted by atomic mass is 79.9. The minimum Gasteiger partial charge on any atom is -0.483 e. The number of halogens is 3. The van der Waals surface area contributed by atoms with E-state index in [-0.39, 0.29) is 23.3 Å². The van der Waals surface area contributed by atoms with Crippen LogP contribution in [0.3, 0.4) is 0 Å². The first-order valence-corrected chi connectivity index (χ1v) is 10.6. The number of nitrogens with one attached hydrogen (secondary N) is 3. The number of aryl methyl sites for hydroxylation is 1. The number of hydrogen-bond acceptors (Lipinski definition) is 5. The molecule has 0 unspecified atom stereocenters. The van der Waals surface area contributed by atoms with E-state index in [9.17, 15) is 9.59 Å². The monoisotopic (exact) mass is 533 g/mol. The van der Waals surface area contributed by atoms with Crippen LogP contribution in [0.4, 0.5) is 0 Å². The average Bonchev–Trinajstić information content (AvgIpc) is 2.70. The third-order valence-electron chi connectivity index (χ3n) is 3.58. The summed E-state index contributed by atoms with van der Waals surface area (Å²) in [5.41, 5.74) is 5.84. The highest BCUT2D eigenvalue weighted by Crippen LogP contribution is 2.27. The van der Waals surface area contributed by atoms with Crippen molar-refractivity contribution in [1.29, 1.82) is 0 Å². The molecule has 7 nitrogen and oxygen atoms in total. The summed E-state index contributed by atoms with van der Waals surface area (Å²) in [6.45, 7) is 1.47. The number of carbonyl (C=O) groups excluding carboxylic acids is 2. The van der Waals surface area contributed by atoms with E-state index < -0.39 is 11.8 Å². The molecule has 11 heteroatoms. The Kier molecular flexibility index (Phi) is 9.64. The number of thiocarbonyl (C=S) groups is 1. The molecule has 0 heterocycles. The number of amides is 2. The van der Waals surface area contributed by atoms with E-state index in [4.69, 9.17) is 44.9 Å². The van der Waals surface area contributed by atoms with Gasteiger partial charge in [0.1, 0.15) is 11.5 Å². The molecule has 0 radical (unpaired) electrons. The van der Waals surface area contributed by atoms with Crippen molar-refractivity contribution in [2.75, 3.05) is 13.2 Å². The van der Waals surface area contributed by atoms with Crippen LogP contribution in [0.1, 0.15) is 12.5 Å². The molecule has 0 bridgehead atoms. The molecular formula is C19H18BrCl2N3O4S. The summed E-state index contributed by atoms with van der Waals surface area (Å²) in [5.74, 6) is -0.180. The van der Waals surface area contributed by atoms with E-state index in [1.54, 1.807) is 18.2 Å². The van der Waals surface area contributed by atoms with Crippen LogP contribution < -0.4 is 25.6 Å². The Morgan fingerprint density at radius 2 is 1.67 bits per heavy atom. The number of hydrazine groups is 1. The molecule has 2 aromatic carbocycles. The molecule has 0 aliphatic rings. The van der Waals surface area contributed by atoms with Gasteiger partial charge in [-0.15, -0.1) is 0 Å². The highest BCUT2D eigenvalue weighted by Gasteiger charge is 2.10. The Morgan fingerprint density at radius 1 is 1.00 bits per heavy atom. The first kappa shape index (κ1) is 24.2. The van der Waals surface area contributed by atoms with E-state index in [1.165, 1.54) is 6.07 Å². The second-order valence-corrected chi connectivity index (χ2v) is 7.93. The summed E-state index contributed by atoms with van der Waals surface area (Å²) in [6, 6.07) is 10.2. The summed E-state index contributed by atoms with van der Waals surface area (Å²) in [7, 11) is 0. The van der Waals surface area contributed by atoms with Gasteiger partial charge in [0.25, 0.3) is 11.8 Å². The fourth-order valence-corrected chi connectivity index (χ4v) is 3.29. The second kappa shape index (κ2) is 11.9. The molecule has 0 aliphatic carbocycles. The van der Waals surface area contributed by atoms with Gasteiger partial charge in [0.05, 0.1) is 9.50 Å². The number of benzene rings is 2. The molecule has 2 rings (SSSR count). The SMILES string of the molecule is CCc1ccc(OCC(=O)NC(=S)NNC(=O)COc2ccc(Cl)cc2Cl)c(Br)c1. The lowest BCUT2D eigenvalue weighted by molar-refractivity contribution is -0.124. The molecule has 2 aromatic rings. The van der Waals surface area contributed by atoms with Crippen molar-refractivity contribution in [2.24, 2.45) is 0 Å². The Hall–Kier alpha value is -2.07. The summed E-state index contributed by atoms with van der Waals surface area (Å²) in [5, 5.41) is 3.02. The van der Waals surface area contributed by atoms with Gasteiger partial charge in [-0.05, 0) is 70.5 Å². The quantitative estimate of drug-likeness (QED) is 0.370. The van der Waals surface area contributed by atoms with Crippen molar-refractivity contribution in [1.82, 2.24) is 16.2 Å². The van der Waals surface area contributed by atoms with Crippen LogP contribution >= 0.6 is 51.3 Å². The maximum absolute atomic E-state index is 11.9. The van der Waals surface area contributed by atoms with Gasteiger partial charge in [0, 0.05) is 5.02 Å². The first-order chi connectivity index (χ1) is 14.3. The largest absolute Gasteiger partial charge is 0.483 e. The molecule has 0 aliphatic heterocycles. The van der Waals surface area contributed by atoms with Gasteiger partial charge in [-0.2, -0.15) is 0 Å². The maximum atomic E-state index is 11.9. The van der Waals surface area contributed by atoms with Crippen LogP contribution in [0.15, 0.2) is 40.9 Å². The second-order valence-electron chi connectivity index (χ2n) is 5.82. The van der Waals surface area contributed by atoms with Gasteiger partial charge in [-0.25, -0.2) is 0 Å². The van der Waals surface area contributed by atoms with Crippen molar-refractivity contribution in [2.45, 2.75) is 13.3 Å². The smallest absolute Gasteiger partial charge is 0.276 e. The third kappa shape index (κ3) is 7.98. The van der Waals surface area contributed by atoms with E-state index in [0.29, 0.717) is 16.5 Å². The molecule has 0 saturated carbocycles. The fraction of sp³-hybridized carbons (Fsp3) is 0.211. The zero-order chi connectivity index (χ0) is 22.1. The Balaban J connectivity index is 1.69. The van der Waals surface area contributed by atoms with Crippen molar-refractivity contribution in [3.63, 3.8) is 0 Å². The molecule has 0 saturated heterocycles. The van der Waals surface area contributed by atoms with Crippen molar-refractivity contribution in [3.8, 4) is 11.5 Å². The molecule has 0 atom stereocenters. The molecule has 160 valence electrons. The number of ether oxygens (including phenoxy) is 2.